The minimum Gasteiger partial charge on any atom is -0.372 e. The number of anilines is 2. The Morgan fingerprint density at radius 1 is 1.11 bits per heavy atom. The number of morpholine rings is 1. The van der Waals surface area contributed by atoms with Crippen molar-refractivity contribution in [1.82, 2.24) is 0 Å². The highest BCUT2D eigenvalue weighted by atomic mass is 19.1. The first-order chi connectivity index (χ1) is 12.8. The van der Waals surface area contributed by atoms with E-state index in [1.807, 2.05) is 18.7 Å². The van der Waals surface area contributed by atoms with Crippen molar-refractivity contribution in [2.24, 2.45) is 5.73 Å². The van der Waals surface area contributed by atoms with Gasteiger partial charge in [-0.25, -0.2) is 4.39 Å². The van der Waals surface area contributed by atoms with Gasteiger partial charge in [0.25, 0.3) is 5.91 Å². The standard InChI is InChI=1S/C20H22FN3O3/c1-12-10-24(11-13(2)27-12)18-7-6-16(9-17(18)21)23-20(26)15-5-3-4-14(8-15)19(22)25/h3-9,12-13H,10-11H2,1-2H3,(H2,22,25)(H,23,26)/t12-,13-/m0/s1. The highest BCUT2D eigenvalue weighted by Gasteiger charge is 2.24. The van der Waals surface area contributed by atoms with E-state index < -0.39 is 17.6 Å². The molecule has 1 saturated heterocycles. The van der Waals surface area contributed by atoms with Crippen LogP contribution in [0.25, 0.3) is 0 Å². The molecule has 1 fully saturated rings. The number of nitrogens with two attached hydrogens (primary N) is 1. The van der Waals surface area contributed by atoms with E-state index >= 15 is 0 Å². The Morgan fingerprint density at radius 2 is 1.78 bits per heavy atom. The Bertz CT molecular complexity index is 861. The summed E-state index contributed by atoms with van der Waals surface area (Å²) in [6.45, 7) is 5.12. The first-order valence-corrected chi connectivity index (χ1v) is 8.74. The molecule has 1 heterocycles. The molecule has 7 heteroatoms. The van der Waals surface area contributed by atoms with Gasteiger partial charge in [-0.1, -0.05) is 6.07 Å². The van der Waals surface area contributed by atoms with Gasteiger partial charge in [-0.15, -0.1) is 0 Å². The molecule has 0 saturated carbocycles. The van der Waals surface area contributed by atoms with Crippen LogP contribution in [-0.2, 0) is 4.74 Å². The van der Waals surface area contributed by atoms with Gasteiger partial charge in [0.15, 0.2) is 0 Å². The number of hydrogen-bond donors (Lipinski definition) is 2. The van der Waals surface area contributed by atoms with E-state index in [2.05, 4.69) is 5.32 Å². The summed E-state index contributed by atoms with van der Waals surface area (Å²) < 4.78 is 20.3. The zero-order valence-electron chi connectivity index (χ0n) is 15.2. The topological polar surface area (TPSA) is 84.7 Å². The molecule has 0 aromatic heterocycles. The van der Waals surface area contributed by atoms with Crippen molar-refractivity contribution in [2.75, 3.05) is 23.3 Å². The highest BCUT2D eigenvalue weighted by molar-refractivity contribution is 6.06. The van der Waals surface area contributed by atoms with Crippen molar-refractivity contribution in [3.63, 3.8) is 0 Å². The Kier molecular flexibility index (Phi) is 5.41. The summed E-state index contributed by atoms with van der Waals surface area (Å²) in [7, 11) is 0. The number of carbonyl (C=O) groups is 2. The number of primary amides is 1. The third kappa shape index (κ3) is 4.43. The lowest BCUT2D eigenvalue weighted by Gasteiger charge is -2.37. The van der Waals surface area contributed by atoms with E-state index in [9.17, 15) is 14.0 Å². The van der Waals surface area contributed by atoms with Gasteiger partial charge < -0.3 is 20.7 Å². The van der Waals surface area contributed by atoms with E-state index in [1.165, 1.54) is 18.2 Å². The second kappa shape index (κ2) is 7.75. The molecule has 6 nitrogen and oxygen atoms in total. The summed E-state index contributed by atoms with van der Waals surface area (Å²) >= 11 is 0. The highest BCUT2D eigenvalue weighted by Crippen LogP contribution is 2.26. The predicted octanol–water partition coefficient (Wildman–Crippen LogP) is 2.79. The summed E-state index contributed by atoms with van der Waals surface area (Å²) in [6.07, 6.45) is 0.0372. The van der Waals surface area contributed by atoms with Crippen LogP contribution in [0.4, 0.5) is 15.8 Å². The molecule has 3 rings (SSSR count). The second-order valence-corrected chi connectivity index (χ2v) is 6.73. The van der Waals surface area contributed by atoms with Crippen LogP contribution >= 0.6 is 0 Å². The van der Waals surface area contributed by atoms with Gasteiger partial charge in [0.05, 0.1) is 17.9 Å². The number of amides is 2. The number of hydrogen-bond acceptors (Lipinski definition) is 4. The Hall–Kier alpha value is -2.93. The largest absolute Gasteiger partial charge is 0.372 e. The summed E-state index contributed by atoms with van der Waals surface area (Å²) in [5.74, 6) is -1.48. The zero-order chi connectivity index (χ0) is 19.6. The molecule has 27 heavy (non-hydrogen) atoms. The summed E-state index contributed by atoms with van der Waals surface area (Å²) in [4.78, 5) is 25.5. The van der Waals surface area contributed by atoms with Crippen molar-refractivity contribution in [3.8, 4) is 0 Å². The second-order valence-electron chi connectivity index (χ2n) is 6.73. The molecule has 0 radical (unpaired) electrons. The van der Waals surface area contributed by atoms with Gasteiger partial charge >= 0.3 is 0 Å². The van der Waals surface area contributed by atoms with Crippen LogP contribution < -0.4 is 16.0 Å². The molecular formula is C20H22FN3O3. The molecule has 2 atom stereocenters. The minimum absolute atomic E-state index is 0.0186. The molecule has 3 N–H and O–H groups in total. The normalized spacial score (nSPS) is 19.6. The van der Waals surface area contributed by atoms with E-state index in [-0.39, 0.29) is 23.3 Å². The number of halogens is 1. The molecule has 1 aliphatic rings. The minimum atomic E-state index is -0.617. The average Bonchev–Trinajstić information content (AvgIpc) is 2.61. The number of nitrogens with one attached hydrogen (secondary N) is 1. The summed E-state index contributed by atoms with van der Waals surface area (Å²) in [5.41, 5.74) is 6.55. The lowest BCUT2D eigenvalue weighted by Crippen LogP contribution is -2.45. The monoisotopic (exact) mass is 371 g/mol. The van der Waals surface area contributed by atoms with E-state index in [0.717, 1.165) is 0 Å². The molecule has 2 aromatic carbocycles. The van der Waals surface area contributed by atoms with E-state index in [0.29, 0.717) is 24.5 Å². The molecule has 1 aliphatic heterocycles. The van der Waals surface area contributed by atoms with Crippen LogP contribution in [0.3, 0.4) is 0 Å². The SMILES string of the molecule is C[C@H]1CN(c2ccc(NC(=O)c3cccc(C(N)=O)c3)cc2F)C[C@H](C)O1. The van der Waals surface area contributed by atoms with E-state index in [4.69, 9.17) is 10.5 Å². The van der Waals surface area contributed by atoms with Crippen LogP contribution in [0.2, 0.25) is 0 Å². The fraction of sp³-hybridized carbons (Fsp3) is 0.300. The molecule has 0 aliphatic carbocycles. The van der Waals surface area contributed by atoms with Crippen LogP contribution in [0.1, 0.15) is 34.6 Å². The number of carbonyl (C=O) groups excluding carboxylic acids is 2. The van der Waals surface area contributed by atoms with Gasteiger partial charge in [0.1, 0.15) is 5.82 Å². The third-order valence-corrected chi connectivity index (χ3v) is 4.38. The Balaban J connectivity index is 1.75. The number of benzene rings is 2. The number of rotatable bonds is 4. The number of nitrogens with zero attached hydrogens (tertiary/aromatic N) is 1. The van der Waals surface area contributed by atoms with E-state index in [1.54, 1.807) is 24.3 Å². The summed E-state index contributed by atoms with van der Waals surface area (Å²) in [6, 6.07) is 10.6. The van der Waals surface area contributed by atoms with Crippen molar-refractivity contribution in [2.45, 2.75) is 26.1 Å². The van der Waals surface area contributed by atoms with Crippen LogP contribution in [-0.4, -0.2) is 37.1 Å². The molecule has 2 aromatic rings. The maximum absolute atomic E-state index is 14.6. The van der Waals surface area contributed by atoms with Gasteiger partial charge in [-0.05, 0) is 50.2 Å². The average molecular weight is 371 g/mol. The van der Waals surface area contributed by atoms with Crippen molar-refractivity contribution < 1.29 is 18.7 Å². The van der Waals surface area contributed by atoms with Crippen LogP contribution in [0, 0.1) is 5.82 Å². The van der Waals surface area contributed by atoms with Crippen molar-refractivity contribution in [3.05, 3.63) is 59.4 Å². The maximum Gasteiger partial charge on any atom is 0.255 e. The van der Waals surface area contributed by atoms with Crippen LogP contribution in [0.5, 0.6) is 0 Å². The Labute approximate surface area is 157 Å². The third-order valence-electron chi connectivity index (χ3n) is 4.38. The lowest BCUT2D eigenvalue weighted by molar-refractivity contribution is -0.00539. The first kappa shape index (κ1) is 18.8. The molecule has 0 bridgehead atoms. The number of ether oxygens (including phenoxy) is 1. The summed E-state index contributed by atoms with van der Waals surface area (Å²) in [5, 5.41) is 2.64. The molecule has 0 spiro atoms. The maximum atomic E-state index is 14.6. The molecule has 142 valence electrons. The van der Waals surface area contributed by atoms with Crippen LogP contribution in [0.15, 0.2) is 42.5 Å². The predicted molar refractivity (Wildman–Crippen MR) is 102 cm³/mol. The van der Waals surface area contributed by atoms with Crippen molar-refractivity contribution in [1.29, 1.82) is 0 Å². The van der Waals surface area contributed by atoms with Gasteiger partial charge in [-0.2, -0.15) is 0 Å². The zero-order valence-corrected chi connectivity index (χ0v) is 15.2. The van der Waals surface area contributed by atoms with Gasteiger partial charge in [0.2, 0.25) is 5.91 Å². The smallest absolute Gasteiger partial charge is 0.255 e. The molecule has 0 unspecified atom stereocenters. The fourth-order valence-corrected chi connectivity index (χ4v) is 3.23. The molecular weight excluding hydrogens is 349 g/mol. The van der Waals surface area contributed by atoms with Gasteiger partial charge in [0, 0.05) is 29.9 Å². The van der Waals surface area contributed by atoms with Crippen molar-refractivity contribution >= 4 is 23.2 Å². The van der Waals surface area contributed by atoms with Gasteiger partial charge in [-0.3, -0.25) is 9.59 Å². The quantitative estimate of drug-likeness (QED) is 0.866. The lowest BCUT2D eigenvalue weighted by atomic mass is 10.1. The first-order valence-electron chi connectivity index (χ1n) is 8.74. The fourth-order valence-electron chi connectivity index (χ4n) is 3.23. The Morgan fingerprint density at radius 3 is 2.41 bits per heavy atom. The molecule has 2 amide bonds.